The number of benzene rings is 1. The Bertz CT molecular complexity index is 684. The minimum absolute atomic E-state index is 0.0502. The number of phenolic OH excluding ortho intramolecular Hbond substituents is 1. The number of hydrogen-bond donors (Lipinski definition) is 3. The molecule has 1 saturated heterocycles. The maximum atomic E-state index is 12.3. The standard InChI is InChI=1S/C19H28N4O4/c1-27-17-12-14(2-5-16(17)24)3-6-18(25)22-8-10-23(11-9-22)19(26)7-4-15(21)13-20/h2-3,5-6,12,15,24H,4,7-11,13,20-21H2,1H3. The molecule has 1 atom stereocenters. The third-order valence-electron chi connectivity index (χ3n) is 4.60. The number of amides is 2. The molecule has 1 aromatic rings. The Morgan fingerprint density at radius 3 is 2.56 bits per heavy atom. The van der Waals surface area contributed by atoms with Crippen LogP contribution in [0.2, 0.25) is 0 Å². The van der Waals surface area contributed by atoms with Crippen LogP contribution in [0.5, 0.6) is 11.5 Å². The van der Waals surface area contributed by atoms with E-state index in [0.717, 1.165) is 5.56 Å². The van der Waals surface area contributed by atoms with E-state index in [0.29, 0.717) is 51.3 Å². The second kappa shape index (κ2) is 9.94. The van der Waals surface area contributed by atoms with E-state index >= 15 is 0 Å². The van der Waals surface area contributed by atoms with Crippen LogP contribution in [0, 0.1) is 0 Å². The third kappa shape index (κ3) is 5.97. The summed E-state index contributed by atoms with van der Waals surface area (Å²) in [5, 5.41) is 9.60. The van der Waals surface area contributed by atoms with Gasteiger partial charge in [-0.25, -0.2) is 0 Å². The number of nitrogens with two attached hydrogens (primary N) is 2. The fraction of sp³-hybridized carbons (Fsp3) is 0.474. The third-order valence-corrected chi connectivity index (χ3v) is 4.60. The predicted octanol–water partition coefficient (Wildman–Crippen LogP) is 0.151. The molecule has 1 aliphatic heterocycles. The summed E-state index contributed by atoms with van der Waals surface area (Å²) in [6.07, 6.45) is 4.13. The second-order valence-electron chi connectivity index (χ2n) is 6.51. The van der Waals surface area contributed by atoms with Crippen molar-refractivity contribution < 1.29 is 19.4 Å². The van der Waals surface area contributed by atoms with Crippen molar-refractivity contribution >= 4 is 17.9 Å². The molecule has 1 heterocycles. The largest absolute Gasteiger partial charge is 0.504 e. The van der Waals surface area contributed by atoms with Crippen LogP contribution in [-0.4, -0.2) is 72.6 Å². The Morgan fingerprint density at radius 2 is 1.93 bits per heavy atom. The lowest BCUT2D eigenvalue weighted by atomic mass is 10.1. The minimum atomic E-state index is -0.152. The van der Waals surface area contributed by atoms with Crippen molar-refractivity contribution in [1.29, 1.82) is 0 Å². The number of hydrogen-bond acceptors (Lipinski definition) is 6. The molecule has 8 nitrogen and oxygen atoms in total. The van der Waals surface area contributed by atoms with Gasteiger partial charge in [0.1, 0.15) is 0 Å². The molecular weight excluding hydrogens is 348 g/mol. The molecule has 8 heteroatoms. The lowest BCUT2D eigenvalue weighted by molar-refractivity contribution is -0.137. The zero-order chi connectivity index (χ0) is 19.8. The highest BCUT2D eigenvalue weighted by Gasteiger charge is 2.23. The SMILES string of the molecule is COc1cc(C=CC(=O)N2CCN(C(=O)CCC(N)CN)CC2)ccc1O. The summed E-state index contributed by atoms with van der Waals surface area (Å²) < 4.78 is 5.05. The van der Waals surface area contributed by atoms with E-state index in [4.69, 9.17) is 16.2 Å². The quantitative estimate of drug-likeness (QED) is 0.582. The van der Waals surface area contributed by atoms with Crippen molar-refractivity contribution in [2.45, 2.75) is 18.9 Å². The fourth-order valence-electron chi connectivity index (χ4n) is 2.83. The summed E-state index contributed by atoms with van der Waals surface area (Å²) in [6.45, 7) is 2.40. The molecule has 2 amide bonds. The second-order valence-corrected chi connectivity index (χ2v) is 6.51. The van der Waals surface area contributed by atoms with E-state index in [9.17, 15) is 14.7 Å². The molecule has 0 aromatic heterocycles. The normalized spacial score (nSPS) is 15.8. The molecule has 1 unspecified atom stereocenters. The number of methoxy groups -OCH3 is 1. The van der Waals surface area contributed by atoms with Gasteiger partial charge in [0.2, 0.25) is 11.8 Å². The van der Waals surface area contributed by atoms with Gasteiger partial charge in [0.05, 0.1) is 7.11 Å². The Labute approximate surface area is 159 Å². The topological polar surface area (TPSA) is 122 Å². The highest BCUT2D eigenvalue weighted by atomic mass is 16.5. The van der Waals surface area contributed by atoms with Gasteiger partial charge in [0, 0.05) is 51.3 Å². The smallest absolute Gasteiger partial charge is 0.246 e. The first-order valence-corrected chi connectivity index (χ1v) is 9.02. The number of rotatable bonds is 7. The van der Waals surface area contributed by atoms with Crippen molar-refractivity contribution in [2.75, 3.05) is 39.8 Å². The van der Waals surface area contributed by atoms with Gasteiger partial charge in [-0.1, -0.05) is 6.07 Å². The lowest BCUT2D eigenvalue weighted by Crippen LogP contribution is -2.50. The first-order chi connectivity index (χ1) is 12.9. The van der Waals surface area contributed by atoms with Gasteiger partial charge < -0.3 is 31.1 Å². The molecule has 27 heavy (non-hydrogen) atoms. The van der Waals surface area contributed by atoms with Crippen LogP contribution >= 0.6 is 0 Å². The number of aromatic hydroxyl groups is 1. The van der Waals surface area contributed by atoms with Crippen LogP contribution in [0.3, 0.4) is 0 Å². The molecule has 5 N–H and O–H groups in total. The zero-order valence-electron chi connectivity index (χ0n) is 15.6. The number of ether oxygens (including phenoxy) is 1. The predicted molar refractivity (Wildman–Crippen MR) is 103 cm³/mol. The minimum Gasteiger partial charge on any atom is -0.504 e. The summed E-state index contributed by atoms with van der Waals surface area (Å²) in [5.74, 6) is 0.345. The van der Waals surface area contributed by atoms with Crippen molar-refractivity contribution in [3.8, 4) is 11.5 Å². The van der Waals surface area contributed by atoms with Crippen molar-refractivity contribution in [3.05, 3.63) is 29.8 Å². The average molecular weight is 376 g/mol. The fourth-order valence-corrected chi connectivity index (χ4v) is 2.83. The van der Waals surface area contributed by atoms with Gasteiger partial charge in [-0.05, 0) is 30.2 Å². The molecule has 0 saturated carbocycles. The number of piperazine rings is 1. The van der Waals surface area contributed by atoms with Gasteiger partial charge in [-0.2, -0.15) is 0 Å². The van der Waals surface area contributed by atoms with Crippen LogP contribution in [-0.2, 0) is 9.59 Å². The highest BCUT2D eigenvalue weighted by molar-refractivity contribution is 5.92. The molecular formula is C19H28N4O4. The number of phenols is 1. The van der Waals surface area contributed by atoms with Crippen molar-refractivity contribution in [3.63, 3.8) is 0 Å². The van der Waals surface area contributed by atoms with E-state index in [1.165, 1.54) is 19.3 Å². The number of nitrogens with zero attached hydrogens (tertiary/aromatic N) is 2. The Balaban J connectivity index is 1.83. The van der Waals surface area contributed by atoms with E-state index < -0.39 is 0 Å². The monoisotopic (exact) mass is 376 g/mol. The van der Waals surface area contributed by atoms with Crippen LogP contribution < -0.4 is 16.2 Å². The Hall–Kier alpha value is -2.58. The van der Waals surface area contributed by atoms with Gasteiger partial charge in [-0.15, -0.1) is 0 Å². The summed E-state index contributed by atoms with van der Waals surface area (Å²) in [4.78, 5) is 28.0. The average Bonchev–Trinajstić information content (AvgIpc) is 2.70. The lowest BCUT2D eigenvalue weighted by Gasteiger charge is -2.34. The Morgan fingerprint density at radius 1 is 1.26 bits per heavy atom. The van der Waals surface area contributed by atoms with E-state index in [1.54, 1.807) is 28.0 Å². The van der Waals surface area contributed by atoms with Gasteiger partial charge in [0.25, 0.3) is 0 Å². The number of carbonyl (C=O) groups is 2. The first kappa shape index (κ1) is 20.7. The van der Waals surface area contributed by atoms with Crippen LogP contribution in [0.1, 0.15) is 18.4 Å². The van der Waals surface area contributed by atoms with Crippen molar-refractivity contribution in [1.82, 2.24) is 9.80 Å². The molecule has 0 aliphatic carbocycles. The van der Waals surface area contributed by atoms with Gasteiger partial charge >= 0.3 is 0 Å². The van der Waals surface area contributed by atoms with E-state index in [1.807, 2.05) is 0 Å². The summed E-state index contributed by atoms with van der Waals surface area (Å²) in [7, 11) is 1.47. The molecule has 0 bridgehead atoms. The maximum absolute atomic E-state index is 12.3. The van der Waals surface area contributed by atoms with Crippen LogP contribution in [0.25, 0.3) is 6.08 Å². The highest BCUT2D eigenvalue weighted by Crippen LogP contribution is 2.26. The Kier molecular flexibility index (Phi) is 7.63. The molecule has 148 valence electrons. The van der Waals surface area contributed by atoms with Crippen molar-refractivity contribution in [2.24, 2.45) is 11.5 Å². The summed E-state index contributed by atoms with van der Waals surface area (Å²) >= 11 is 0. The van der Waals surface area contributed by atoms with Crippen LogP contribution in [0.4, 0.5) is 0 Å². The molecule has 0 spiro atoms. The van der Waals surface area contributed by atoms with Gasteiger partial charge in [0.15, 0.2) is 11.5 Å². The molecule has 2 rings (SSSR count). The van der Waals surface area contributed by atoms with E-state index in [2.05, 4.69) is 0 Å². The summed E-state index contributed by atoms with van der Waals surface area (Å²) in [6, 6.07) is 4.72. The molecule has 1 aromatic carbocycles. The summed E-state index contributed by atoms with van der Waals surface area (Å²) in [5.41, 5.74) is 12.0. The molecule has 1 fully saturated rings. The molecule has 0 radical (unpaired) electrons. The first-order valence-electron chi connectivity index (χ1n) is 9.02. The maximum Gasteiger partial charge on any atom is 0.246 e. The molecule has 1 aliphatic rings. The van der Waals surface area contributed by atoms with E-state index in [-0.39, 0.29) is 23.6 Å². The zero-order valence-corrected chi connectivity index (χ0v) is 15.6. The number of carbonyl (C=O) groups excluding carboxylic acids is 2. The van der Waals surface area contributed by atoms with Gasteiger partial charge in [-0.3, -0.25) is 9.59 Å². The van der Waals surface area contributed by atoms with Crippen LogP contribution in [0.15, 0.2) is 24.3 Å².